The molecule has 0 aliphatic heterocycles. The minimum Gasteiger partial charge on any atom is -0.545 e. The smallest absolute Gasteiger partial charge is 0.545 e. The molecule has 0 aliphatic rings. The van der Waals surface area contributed by atoms with Gasteiger partial charge in [-0.3, -0.25) is 4.55 Å². The Labute approximate surface area is 92.8 Å². The number of hydrogen-bond acceptors (Lipinski definition) is 4. The average Bonchev–Trinajstić information content (AvgIpc) is 1.88. The number of aliphatic carboxylic acids is 1. The van der Waals surface area contributed by atoms with Crippen LogP contribution in [0.5, 0.6) is 0 Å². The summed E-state index contributed by atoms with van der Waals surface area (Å²) < 4.78 is 26.6. The fourth-order valence-electron chi connectivity index (χ4n) is 0. The predicted octanol–water partition coefficient (Wildman–Crippen LogP) is -4.06. The largest absolute Gasteiger partial charge is 1.00 e. The molecule has 0 aromatic heterocycles. The van der Waals surface area contributed by atoms with Crippen molar-refractivity contribution in [2.45, 2.75) is 0 Å². The van der Waals surface area contributed by atoms with Crippen molar-refractivity contribution in [3.63, 3.8) is 0 Å². The van der Waals surface area contributed by atoms with Crippen LogP contribution in [0.4, 0.5) is 0 Å². The summed E-state index contributed by atoms with van der Waals surface area (Å²) in [7, 11) is -3.90. The molecule has 7 heteroatoms. The van der Waals surface area contributed by atoms with Crippen LogP contribution in [-0.2, 0) is 14.9 Å². The summed E-state index contributed by atoms with van der Waals surface area (Å²) in [6, 6.07) is 0. The van der Waals surface area contributed by atoms with E-state index in [0.717, 1.165) is 6.08 Å². The summed E-state index contributed by atoms with van der Waals surface area (Å²) in [6.07, 6.45) is 0.722. The molecule has 0 fully saturated rings. The number of carboxylic acid groups (broad SMARTS) is 1. The van der Waals surface area contributed by atoms with Crippen LogP contribution in [0.25, 0.3) is 0 Å². The van der Waals surface area contributed by atoms with Crippen LogP contribution in [0, 0.1) is 0 Å². The molecule has 12 heavy (non-hydrogen) atoms. The van der Waals surface area contributed by atoms with Gasteiger partial charge in [0.2, 0.25) is 0 Å². The zero-order chi connectivity index (χ0) is 9.49. The molecule has 0 heterocycles. The zero-order valence-corrected chi connectivity index (χ0v) is 9.37. The van der Waals surface area contributed by atoms with Crippen molar-refractivity contribution in [3.05, 3.63) is 24.6 Å². The maximum Gasteiger partial charge on any atom is 1.00 e. The second-order valence-electron chi connectivity index (χ2n) is 1.20. The molecule has 1 N–H and O–H groups in total. The zero-order valence-electron chi connectivity index (χ0n) is 6.56. The molecule has 0 aliphatic carbocycles. The van der Waals surface area contributed by atoms with Gasteiger partial charge in [-0.05, 0) is 6.08 Å². The van der Waals surface area contributed by atoms with Gasteiger partial charge in [0.05, 0.1) is 11.4 Å². The first-order chi connectivity index (χ1) is 4.83. The number of carboxylic acids is 1. The van der Waals surface area contributed by atoms with Gasteiger partial charge in [0.1, 0.15) is 0 Å². The van der Waals surface area contributed by atoms with E-state index in [9.17, 15) is 8.42 Å². The van der Waals surface area contributed by atoms with E-state index in [0.29, 0.717) is 5.41 Å². The van der Waals surface area contributed by atoms with Crippen molar-refractivity contribution in [2.24, 2.45) is 0 Å². The fourth-order valence-corrected chi connectivity index (χ4v) is 0. The van der Waals surface area contributed by atoms with E-state index >= 15 is 0 Å². The van der Waals surface area contributed by atoms with E-state index in [4.69, 9.17) is 14.5 Å². The maximum atomic E-state index is 9.44. The molecule has 64 valence electrons. The SMILES string of the molecule is C=CC(=O)[O-].C=CS(=O)(=O)O.[Na+]. The summed E-state index contributed by atoms with van der Waals surface area (Å²) in [5.41, 5.74) is 0. The first-order valence-corrected chi connectivity index (χ1v) is 3.77. The molecule has 5 nitrogen and oxygen atoms in total. The molecule has 0 aromatic rings. The quantitative estimate of drug-likeness (QED) is 0.279. The molecular formula is C5H7NaO5S. The average molecular weight is 202 g/mol. The van der Waals surface area contributed by atoms with Crippen molar-refractivity contribution in [1.29, 1.82) is 0 Å². The molecule has 0 spiro atoms. The molecule has 0 bridgehead atoms. The van der Waals surface area contributed by atoms with E-state index in [-0.39, 0.29) is 29.6 Å². The van der Waals surface area contributed by atoms with Crippen molar-refractivity contribution < 1.29 is 52.4 Å². The van der Waals surface area contributed by atoms with E-state index in [1.54, 1.807) is 0 Å². The third-order valence-electron chi connectivity index (χ3n) is 0.377. The monoisotopic (exact) mass is 202 g/mol. The van der Waals surface area contributed by atoms with Crippen LogP contribution in [0.1, 0.15) is 0 Å². The van der Waals surface area contributed by atoms with Crippen LogP contribution in [0.2, 0.25) is 0 Å². The summed E-state index contributed by atoms with van der Waals surface area (Å²) in [5, 5.41) is 9.60. The van der Waals surface area contributed by atoms with Gasteiger partial charge in [-0.1, -0.05) is 13.2 Å². The van der Waals surface area contributed by atoms with Gasteiger partial charge in [0.15, 0.2) is 0 Å². The number of hydrogen-bond donors (Lipinski definition) is 1. The second kappa shape index (κ2) is 8.95. The van der Waals surface area contributed by atoms with Crippen molar-refractivity contribution in [3.8, 4) is 0 Å². The van der Waals surface area contributed by atoms with Crippen LogP contribution >= 0.6 is 0 Å². The van der Waals surface area contributed by atoms with E-state index in [1.807, 2.05) is 0 Å². The van der Waals surface area contributed by atoms with Crippen LogP contribution in [-0.4, -0.2) is 18.9 Å². The Balaban J connectivity index is -0.000000126. The summed E-state index contributed by atoms with van der Waals surface area (Å²) >= 11 is 0. The van der Waals surface area contributed by atoms with Crippen LogP contribution in [0.3, 0.4) is 0 Å². The van der Waals surface area contributed by atoms with Gasteiger partial charge >= 0.3 is 29.6 Å². The number of rotatable bonds is 2. The second-order valence-corrected chi connectivity index (χ2v) is 2.57. The summed E-state index contributed by atoms with van der Waals surface area (Å²) in [6.45, 7) is 5.69. The van der Waals surface area contributed by atoms with E-state index in [1.165, 1.54) is 0 Å². The van der Waals surface area contributed by atoms with Gasteiger partial charge in [0.25, 0.3) is 10.1 Å². The van der Waals surface area contributed by atoms with Crippen molar-refractivity contribution in [2.75, 3.05) is 0 Å². The molecular weight excluding hydrogens is 195 g/mol. The number of carbonyl (C=O) groups is 1. The van der Waals surface area contributed by atoms with Gasteiger partial charge in [-0.25, -0.2) is 0 Å². The van der Waals surface area contributed by atoms with E-state index < -0.39 is 16.1 Å². The topological polar surface area (TPSA) is 94.5 Å². The Hall–Kier alpha value is -0.140. The Kier molecular flexibility index (Phi) is 13.3. The normalized spacial score (nSPS) is 8.08. The Morgan fingerprint density at radius 1 is 1.42 bits per heavy atom. The van der Waals surface area contributed by atoms with Gasteiger partial charge < -0.3 is 9.90 Å². The summed E-state index contributed by atoms with van der Waals surface area (Å²) in [4.78, 5) is 9.14. The van der Waals surface area contributed by atoms with Gasteiger partial charge in [-0.15, -0.1) is 0 Å². The molecule has 0 radical (unpaired) electrons. The molecule has 0 amide bonds. The fraction of sp³-hybridized carbons (Fsp3) is 0. The first-order valence-electron chi connectivity index (χ1n) is 2.27. The molecule has 0 unspecified atom stereocenters. The minimum absolute atomic E-state index is 0. The van der Waals surface area contributed by atoms with Crippen molar-refractivity contribution >= 4 is 16.1 Å². The predicted molar refractivity (Wildman–Crippen MR) is 36.9 cm³/mol. The van der Waals surface area contributed by atoms with Gasteiger partial charge in [-0.2, -0.15) is 8.42 Å². The summed E-state index contributed by atoms with van der Waals surface area (Å²) in [5.74, 6) is -1.23. The van der Waals surface area contributed by atoms with Crippen LogP contribution < -0.4 is 34.7 Å². The molecule has 0 aromatic carbocycles. The van der Waals surface area contributed by atoms with Gasteiger partial charge in [0, 0.05) is 0 Å². The minimum atomic E-state index is -3.90. The Bertz CT molecular complexity index is 231. The molecule has 0 rings (SSSR count). The van der Waals surface area contributed by atoms with E-state index in [2.05, 4.69) is 13.2 Å². The molecule has 0 atom stereocenters. The molecule has 0 saturated carbocycles. The standard InChI is InChI=1S/C3H4O2.C2H4O3S.Na/c1-2-3(4)5;1-2-6(3,4)5;/h2H,1H2,(H,4,5);2H,1H2,(H,3,4,5);/q;;+1/p-1. The molecule has 0 saturated heterocycles. The Morgan fingerprint density at radius 2 is 1.58 bits per heavy atom. The first kappa shape index (κ1) is 17.8. The third-order valence-corrected chi connectivity index (χ3v) is 0.799. The van der Waals surface area contributed by atoms with Crippen molar-refractivity contribution in [1.82, 2.24) is 0 Å². The van der Waals surface area contributed by atoms with Crippen LogP contribution in [0.15, 0.2) is 24.6 Å². The number of carbonyl (C=O) groups excluding carboxylic acids is 1. The Morgan fingerprint density at radius 3 is 1.58 bits per heavy atom. The third kappa shape index (κ3) is 32.8. The maximum absolute atomic E-state index is 9.44.